The predicted octanol–water partition coefficient (Wildman–Crippen LogP) is 1.12. The van der Waals surface area contributed by atoms with Gasteiger partial charge in [0.05, 0.1) is 12.2 Å². The molecule has 8 heteroatoms. The fourth-order valence-electron chi connectivity index (χ4n) is 2.33. The topological polar surface area (TPSA) is 92.2 Å². The van der Waals surface area contributed by atoms with Crippen molar-refractivity contribution in [2.24, 2.45) is 0 Å². The Bertz CT molecular complexity index is 693. The lowest BCUT2D eigenvalue weighted by Crippen LogP contribution is -2.54. The van der Waals surface area contributed by atoms with Crippen LogP contribution in [0.15, 0.2) is 36.5 Å². The number of carbonyl (C=O) groups excluding carboxylic acids is 2. The van der Waals surface area contributed by atoms with Crippen molar-refractivity contribution in [3.63, 3.8) is 0 Å². The van der Waals surface area contributed by atoms with E-state index in [1.54, 1.807) is 27.9 Å². The molecule has 0 radical (unpaired) electrons. The van der Waals surface area contributed by atoms with E-state index in [4.69, 9.17) is 0 Å². The van der Waals surface area contributed by atoms with Gasteiger partial charge < -0.3 is 15.5 Å². The molecule has 1 saturated heterocycles. The van der Waals surface area contributed by atoms with Crippen molar-refractivity contribution < 1.29 is 9.59 Å². The van der Waals surface area contributed by atoms with E-state index in [0.29, 0.717) is 25.3 Å². The fraction of sp³-hybridized carbons (Fsp3) is 0.333. The van der Waals surface area contributed by atoms with E-state index in [2.05, 4.69) is 20.9 Å². The number of carbonyl (C=O) groups is 2. The van der Waals surface area contributed by atoms with Crippen LogP contribution in [0, 0.1) is 0 Å². The van der Waals surface area contributed by atoms with Gasteiger partial charge >= 0.3 is 6.03 Å². The number of rotatable bonds is 4. The maximum Gasteiger partial charge on any atom is 0.317 e. The second-order valence-corrected chi connectivity index (χ2v) is 5.30. The summed E-state index contributed by atoms with van der Waals surface area (Å²) in [7, 11) is 0. The molecule has 2 aromatic rings. The summed E-state index contributed by atoms with van der Waals surface area (Å²) in [5, 5.41) is 13.4. The van der Waals surface area contributed by atoms with Crippen molar-refractivity contribution >= 4 is 17.6 Å². The van der Waals surface area contributed by atoms with Gasteiger partial charge in [-0.2, -0.15) is 0 Å². The number of anilines is 1. The molecule has 0 spiro atoms. The van der Waals surface area contributed by atoms with Crippen LogP contribution in [-0.2, 0) is 0 Å². The summed E-state index contributed by atoms with van der Waals surface area (Å²) in [4.78, 5) is 25.4. The van der Waals surface area contributed by atoms with Gasteiger partial charge in [-0.3, -0.25) is 4.79 Å². The minimum atomic E-state index is -0.303. The highest BCUT2D eigenvalue weighted by Gasteiger charge is 2.32. The van der Waals surface area contributed by atoms with Crippen LogP contribution in [0.4, 0.5) is 10.5 Å². The number of nitrogens with one attached hydrogen (secondary N) is 2. The highest BCUT2D eigenvalue weighted by Crippen LogP contribution is 2.20. The number of amides is 3. The van der Waals surface area contributed by atoms with E-state index in [1.807, 2.05) is 25.1 Å². The second kappa shape index (κ2) is 6.47. The molecular formula is C15H18N6O2. The average Bonchev–Trinajstić information content (AvgIpc) is 2.97. The zero-order valence-electron chi connectivity index (χ0n) is 12.8. The number of hydrogen-bond donors (Lipinski definition) is 2. The predicted molar refractivity (Wildman–Crippen MR) is 84.1 cm³/mol. The number of likely N-dealkylation sites (tertiary alicyclic amines) is 1. The molecule has 0 saturated carbocycles. The molecule has 0 unspecified atom stereocenters. The highest BCUT2D eigenvalue weighted by molar-refractivity contribution is 6.02. The third-order valence-corrected chi connectivity index (χ3v) is 3.63. The number of benzene rings is 1. The smallest absolute Gasteiger partial charge is 0.317 e. The highest BCUT2D eigenvalue weighted by atomic mass is 16.2. The molecule has 1 aromatic carbocycles. The van der Waals surface area contributed by atoms with Crippen LogP contribution in [0.3, 0.4) is 0 Å². The molecular weight excluding hydrogens is 296 g/mol. The first-order valence-corrected chi connectivity index (χ1v) is 7.48. The number of aromatic nitrogens is 3. The molecule has 3 amide bonds. The van der Waals surface area contributed by atoms with E-state index in [0.717, 1.165) is 0 Å². The lowest BCUT2D eigenvalue weighted by Gasteiger charge is -2.38. The Hall–Kier alpha value is -2.90. The molecule has 1 aliphatic heterocycles. The SMILES string of the molecule is CCNC(=O)N1CC(n2cc(C(=O)Nc3ccccc3)nn2)C1. The van der Waals surface area contributed by atoms with E-state index >= 15 is 0 Å². The van der Waals surface area contributed by atoms with E-state index in [1.165, 1.54) is 0 Å². The Morgan fingerprint density at radius 1 is 1.26 bits per heavy atom. The Balaban J connectivity index is 1.57. The van der Waals surface area contributed by atoms with Gasteiger partial charge in [0.15, 0.2) is 5.69 Å². The Morgan fingerprint density at radius 3 is 2.70 bits per heavy atom. The summed E-state index contributed by atoms with van der Waals surface area (Å²) in [6.45, 7) is 3.61. The van der Waals surface area contributed by atoms with Crippen LogP contribution < -0.4 is 10.6 Å². The molecule has 2 N–H and O–H groups in total. The molecule has 8 nitrogen and oxygen atoms in total. The van der Waals surface area contributed by atoms with Gasteiger partial charge in [-0.1, -0.05) is 23.4 Å². The Labute approximate surface area is 133 Å². The van der Waals surface area contributed by atoms with Crippen molar-refractivity contribution in [3.05, 3.63) is 42.2 Å². The molecule has 0 aliphatic carbocycles. The van der Waals surface area contributed by atoms with Gasteiger partial charge in [-0.15, -0.1) is 5.10 Å². The van der Waals surface area contributed by atoms with Crippen molar-refractivity contribution in [2.75, 3.05) is 25.0 Å². The summed E-state index contributed by atoms with van der Waals surface area (Å²) in [5.41, 5.74) is 0.961. The van der Waals surface area contributed by atoms with Crippen LogP contribution in [0.25, 0.3) is 0 Å². The van der Waals surface area contributed by atoms with Crippen LogP contribution in [0.5, 0.6) is 0 Å². The van der Waals surface area contributed by atoms with Gasteiger partial charge in [0.1, 0.15) is 0 Å². The molecule has 23 heavy (non-hydrogen) atoms. The third kappa shape index (κ3) is 3.31. The Morgan fingerprint density at radius 2 is 2.00 bits per heavy atom. The van der Waals surface area contributed by atoms with Crippen LogP contribution in [-0.4, -0.2) is 51.5 Å². The van der Waals surface area contributed by atoms with Gasteiger partial charge in [0, 0.05) is 25.3 Å². The quantitative estimate of drug-likeness (QED) is 0.884. The number of nitrogens with zero attached hydrogens (tertiary/aromatic N) is 4. The lowest BCUT2D eigenvalue weighted by atomic mass is 10.1. The number of urea groups is 1. The molecule has 2 heterocycles. The summed E-state index contributed by atoms with van der Waals surface area (Å²) < 4.78 is 1.63. The fourth-order valence-corrected chi connectivity index (χ4v) is 2.33. The van der Waals surface area contributed by atoms with E-state index in [-0.39, 0.29) is 23.7 Å². The first-order chi connectivity index (χ1) is 11.2. The molecule has 0 atom stereocenters. The van der Waals surface area contributed by atoms with E-state index in [9.17, 15) is 9.59 Å². The summed E-state index contributed by atoms with van der Waals surface area (Å²) >= 11 is 0. The summed E-state index contributed by atoms with van der Waals surface area (Å²) in [5.74, 6) is -0.303. The number of hydrogen-bond acceptors (Lipinski definition) is 4. The average molecular weight is 314 g/mol. The van der Waals surface area contributed by atoms with Crippen molar-refractivity contribution in [1.29, 1.82) is 0 Å². The molecule has 3 rings (SSSR count). The van der Waals surface area contributed by atoms with Crippen LogP contribution in [0.1, 0.15) is 23.5 Å². The largest absolute Gasteiger partial charge is 0.338 e. The van der Waals surface area contributed by atoms with Crippen molar-refractivity contribution in [1.82, 2.24) is 25.2 Å². The lowest BCUT2D eigenvalue weighted by molar-refractivity contribution is 0.102. The van der Waals surface area contributed by atoms with Crippen LogP contribution >= 0.6 is 0 Å². The van der Waals surface area contributed by atoms with Crippen molar-refractivity contribution in [3.8, 4) is 0 Å². The second-order valence-electron chi connectivity index (χ2n) is 5.30. The zero-order valence-corrected chi connectivity index (χ0v) is 12.8. The normalized spacial score (nSPS) is 14.2. The van der Waals surface area contributed by atoms with Crippen molar-refractivity contribution in [2.45, 2.75) is 13.0 Å². The zero-order chi connectivity index (χ0) is 16.2. The van der Waals surface area contributed by atoms with Crippen LogP contribution in [0.2, 0.25) is 0 Å². The molecule has 1 aromatic heterocycles. The molecule has 1 fully saturated rings. The standard InChI is InChI=1S/C15H18N6O2/c1-2-16-15(23)20-8-12(9-20)21-10-13(18-19-21)14(22)17-11-6-4-3-5-7-11/h3-7,10,12H,2,8-9H2,1H3,(H,16,23)(H,17,22). The first-order valence-electron chi connectivity index (χ1n) is 7.48. The molecule has 1 aliphatic rings. The minimum Gasteiger partial charge on any atom is -0.338 e. The first kappa shape index (κ1) is 15.0. The molecule has 120 valence electrons. The van der Waals surface area contributed by atoms with Gasteiger partial charge in [-0.25, -0.2) is 9.48 Å². The monoisotopic (exact) mass is 314 g/mol. The van der Waals surface area contributed by atoms with Gasteiger partial charge in [0.2, 0.25) is 0 Å². The van der Waals surface area contributed by atoms with Gasteiger partial charge in [-0.05, 0) is 19.1 Å². The summed E-state index contributed by atoms with van der Waals surface area (Å²) in [6, 6.07) is 9.15. The Kier molecular flexibility index (Phi) is 4.22. The minimum absolute atomic E-state index is 0.0587. The van der Waals surface area contributed by atoms with Gasteiger partial charge in [0.25, 0.3) is 5.91 Å². The third-order valence-electron chi connectivity index (χ3n) is 3.63. The summed E-state index contributed by atoms with van der Waals surface area (Å²) in [6.07, 6.45) is 1.61. The maximum atomic E-state index is 12.1. The molecule has 0 bridgehead atoms. The number of para-hydroxylation sites is 1. The van der Waals surface area contributed by atoms with E-state index < -0.39 is 0 Å². The maximum absolute atomic E-state index is 12.1.